The highest BCUT2D eigenvalue weighted by atomic mass is 32.2. The van der Waals surface area contributed by atoms with E-state index in [1.54, 1.807) is 78.9 Å². The number of hydrogen-bond acceptors (Lipinski definition) is 10. The Bertz CT molecular complexity index is 2320. The minimum Gasteiger partial charge on any atom is -0.445 e. The zero-order valence-corrected chi connectivity index (χ0v) is 33.1. The number of nitrogens with one attached hydrogen (secondary N) is 2. The Labute approximate surface area is 342 Å². The van der Waals surface area contributed by atoms with Gasteiger partial charge in [0.25, 0.3) is 5.89 Å². The number of benzene rings is 4. The SMILES string of the molecule is NC(N)=NCCC[C@@H](NC(=O)[C@H]1C[C@H](S(=O)(=O)Cc2ccccc2)CN1C(=O)[C@H](CCc1ccccc1)NC(=O)OCc1ccccc1)C(=O)c1nc2ccccc2o1. The number of para-hydroxylation sites is 2. The Balaban J connectivity index is 1.28. The number of ether oxygens (including phenoxy) is 1. The molecule has 1 saturated heterocycles. The molecular formula is C43H47N7O8S. The summed E-state index contributed by atoms with van der Waals surface area (Å²) in [5, 5.41) is 4.31. The van der Waals surface area contributed by atoms with Crippen LogP contribution in [-0.2, 0) is 42.9 Å². The molecule has 5 aromatic rings. The Hall–Kier alpha value is -6.55. The van der Waals surface area contributed by atoms with Gasteiger partial charge in [0.2, 0.25) is 17.6 Å². The molecule has 0 saturated carbocycles. The zero-order chi connectivity index (χ0) is 41.8. The van der Waals surface area contributed by atoms with Crippen molar-refractivity contribution in [1.29, 1.82) is 0 Å². The van der Waals surface area contributed by atoms with Gasteiger partial charge < -0.3 is 36.2 Å². The molecular weight excluding hydrogens is 775 g/mol. The number of carbonyl (C=O) groups is 4. The van der Waals surface area contributed by atoms with Crippen LogP contribution in [0.1, 0.15) is 53.1 Å². The van der Waals surface area contributed by atoms with Gasteiger partial charge in [-0.05, 0) is 60.9 Å². The molecule has 6 rings (SSSR count). The number of aryl methyl sites for hydroxylation is 1. The molecule has 0 aliphatic carbocycles. The number of fused-ring (bicyclic) bond motifs is 1. The number of nitrogens with zero attached hydrogens (tertiary/aromatic N) is 3. The highest BCUT2D eigenvalue weighted by Crippen LogP contribution is 2.28. The second-order valence-electron chi connectivity index (χ2n) is 14.3. The lowest BCUT2D eigenvalue weighted by molar-refractivity contribution is -0.140. The van der Waals surface area contributed by atoms with Gasteiger partial charge in [0.05, 0.1) is 17.0 Å². The molecule has 0 radical (unpaired) electrons. The van der Waals surface area contributed by atoms with E-state index in [0.717, 1.165) is 11.1 Å². The van der Waals surface area contributed by atoms with Crippen LogP contribution in [0.2, 0.25) is 0 Å². The molecule has 0 spiro atoms. The fraction of sp³-hybridized carbons (Fsp3) is 0.302. The molecule has 16 heteroatoms. The molecule has 0 unspecified atom stereocenters. The number of aromatic nitrogens is 1. The van der Waals surface area contributed by atoms with Crippen LogP contribution in [0.15, 0.2) is 125 Å². The zero-order valence-electron chi connectivity index (χ0n) is 32.3. The standard InChI is InChI=1S/C43H47N7O8S/c44-42(45)46-24-12-20-34(38(51)40-48-33-19-10-11-21-37(33)58-40)47-39(52)36-25-32(59(55,56)28-31-17-8-3-9-18-31)26-50(36)41(53)35(23-22-29-13-4-1-5-14-29)49-43(54)57-27-30-15-6-2-7-16-30/h1-11,13-19,21,32,34-36H,12,20,22-28H2,(H,47,52)(H,49,54)(H4,44,45,46)/t32-,34+,35-,36+/m0/s1. The maximum Gasteiger partial charge on any atom is 0.408 e. The van der Waals surface area contributed by atoms with Crippen LogP contribution in [0.4, 0.5) is 4.79 Å². The van der Waals surface area contributed by atoms with Gasteiger partial charge in [0.15, 0.2) is 21.4 Å². The van der Waals surface area contributed by atoms with Crippen molar-refractivity contribution in [2.75, 3.05) is 13.1 Å². The molecule has 1 aromatic heterocycles. The molecule has 0 bridgehead atoms. The third-order valence-electron chi connectivity index (χ3n) is 10.0. The van der Waals surface area contributed by atoms with Crippen molar-refractivity contribution in [2.24, 2.45) is 16.5 Å². The minimum absolute atomic E-state index is 0.0560. The number of guanidine groups is 1. The summed E-state index contributed by atoms with van der Waals surface area (Å²) in [6, 6.07) is 30.0. The third-order valence-corrected chi connectivity index (χ3v) is 12.1. The summed E-state index contributed by atoms with van der Waals surface area (Å²) in [7, 11) is -3.93. The molecule has 3 amide bonds. The van der Waals surface area contributed by atoms with E-state index < -0.39 is 56.9 Å². The topological polar surface area (TPSA) is 229 Å². The Morgan fingerprint density at radius 3 is 2.10 bits per heavy atom. The van der Waals surface area contributed by atoms with Gasteiger partial charge >= 0.3 is 6.09 Å². The second kappa shape index (κ2) is 19.7. The van der Waals surface area contributed by atoms with Gasteiger partial charge in [0, 0.05) is 13.1 Å². The van der Waals surface area contributed by atoms with Gasteiger partial charge in [-0.2, -0.15) is 0 Å². The Morgan fingerprint density at radius 1 is 0.814 bits per heavy atom. The van der Waals surface area contributed by atoms with E-state index in [9.17, 15) is 27.6 Å². The summed E-state index contributed by atoms with van der Waals surface area (Å²) in [5.74, 6) is -2.77. The van der Waals surface area contributed by atoms with Gasteiger partial charge in [-0.25, -0.2) is 18.2 Å². The fourth-order valence-electron chi connectivity index (χ4n) is 6.96. The number of carbonyl (C=O) groups excluding carboxylic acids is 4. The summed E-state index contributed by atoms with van der Waals surface area (Å²) >= 11 is 0. The van der Waals surface area contributed by atoms with E-state index in [1.165, 1.54) is 4.90 Å². The van der Waals surface area contributed by atoms with Crippen LogP contribution in [0.25, 0.3) is 11.1 Å². The first kappa shape index (κ1) is 42.1. The number of hydrogen-bond donors (Lipinski definition) is 4. The number of rotatable bonds is 18. The molecule has 6 N–H and O–H groups in total. The number of ketones is 1. The highest BCUT2D eigenvalue weighted by molar-refractivity contribution is 7.91. The lowest BCUT2D eigenvalue weighted by atomic mass is 10.0. The quantitative estimate of drug-likeness (QED) is 0.0426. The van der Waals surface area contributed by atoms with Crippen molar-refractivity contribution in [3.05, 3.63) is 138 Å². The van der Waals surface area contributed by atoms with Crippen LogP contribution >= 0.6 is 0 Å². The first-order valence-electron chi connectivity index (χ1n) is 19.3. The highest BCUT2D eigenvalue weighted by Gasteiger charge is 2.47. The van der Waals surface area contributed by atoms with E-state index in [4.69, 9.17) is 20.6 Å². The van der Waals surface area contributed by atoms with Crippen molar-refractivity contribution in [2.45, 2.75) is 67.8 Å². The summed E-state index contributed by atoms with van der Waals surface area (Å²) in [5.41, 5.74) is 14.0. The van der Waals surface area contributed by atoms with Gasteiger partial charge in [0.1, 0.15) is 24.2 Å². The van der Waals surface area contributed by atoms with Crippen LogP contribution in [-0.4, -0.2) is 84.4 Å². The van der Waals surface area contributed by atoms with Crippen LogP contribution < -0.4 is 22.1 Å². The van der Waals surface area contributed by atoms with Gasteiger partial charge in [-0.1, -0.05) is 103 Å². The van der Waals surface area contributed by atoms with E-state index in [1.807, 2.05) is 36.4 Å². The predicted octanol–water partition coefficient (Wildman–Crippen LogP) is 4.06. The maximum atomic E-state index is 14.7. The van der Waals surface area contributed by atoms with Crippen molar-refractivity contribution >= 4 is 50.6 Å². The molecule has 15 nitrogen and oxygen atoms in total. The number of oxazole rings is 1. The number of sulfone groups is 1. The molecule has 308 valence electrons. The second-order valence-corrected chi connectivity index (χ2v) is 16.6. The molecule has 1 aliphatic heterocycles. The first-order chi connectivity index (χ1) is 28.5. The van der Waals surface area contributed by atoms with Crippen LogP contribution in [0.5, 0.6) is 0 Å². The number of Topliss-reactive ketones (excluding diaryl/α,β-unsaturated/α-hetero) is 1. The number of alkyl carbamates (subject to hydrolysis) is 1. The minimum atomic E-state index is -3.93. The average Bonchev–Trinajstić information content (AvgIpc) is 3.90. The van der Waals surface area contributed by atoms with Crippen LogP contribution in [0, 0.1) is 0 Å². The maximum absolute atomic E-state index is 14.7. The molecule has 4 atom stereocenters. The van der Waals surface area contributed by atoms with E-state index in [2.05, 4.69) is 20.6 Å². The van der Waals surface area contributed by atoms with Crippen molar-refractivity contribution < 1.29 is 36.7 Å². The lowest BCUT2D eigenvalue weighted by Crippen LogP contribution is -2.55. The number of nitrogens with two attached hydrogens (primary N) is 2. The lowest BCUT2D eigenvalue weighted by Gasteiger charge is -2.29. The molecule has 1 fully saturated rings. The summed E-state index contributed by atoms with van der Waals surface area (Å²) < 4.78 is 39.2. The van der Waals surface area contributed by atoms with Crippen molar-refractivity contribution in [1.82, 2.24) is 20.5 Å². The fourth-order valence-corrected chi connectivity index (χ4v) is 8.72. The summed E-state index contributed by atoms with van der Waals surface area (Å²) in [6.07, 6.45) is -0.308. The smallest absolute Gasteiger partial charge is 0.408 e. The largest absolute Gasteiger partial charge is 0.445 e. The summed E-state index contributed by atoms with van der Waals surface area (Å²) in [4.78, 5) is 65.8. The molecule has 1 aliphatic rings. The van der Waals surface area contributed by atoms with E-state index in [-0.39, 0.29) is 63.0 Å². The average molecular weight is 822 g/mol. The predicted molar refractivity (Wildman–Crippen MR) is 221 cm³/mol. The van der Waals surface area contributed by atoms with Crippen molar-refractivity contribution in [3.8, 4) is 0 Å². The van der Waals surface area contributed by atoms with Crippen LogP contribution in [0.3, 0.4) is 0 Å². The number of amides is 3. The number of aliphatic imine (C=N–C) groups is 1. The molecule has 59 heavy (non-hydrogen) atoms. The first-order valence-corrected chi connectivity index (χ1v) is 21.0. The van der Waals surface area contributed by atoms with Crippen molar-refractivity contribution in [3.63, 3.8) is 0 Å². The molecule has 2 heterocycles. The monoisotopic (exact) mass is 821 g/mol. The number of likely N-dealkylation sites (tertiary alicyclic amines) is 1. The third kappa shape index (κ3) is 11.5. The molecule has 4 aromatic carbocycles. The normalized spacial score (nSPS) is 16.2. The van der Waals surface area contributed by atoms with E-state index >= 15 is 0 Å². The van der Waals surface area contributed by atoms with Gasteiger partial charge in [-0.15, -0.1) is 0 Å². The van der Waals surface area contributed by atoms with E-state index in [0.29, 0.717) is 23.1 Å². The summed E-state index contributed by atoms with van der Waals surface area (Å²) in [6.45, 7) is -0.235. The Kier molecular flexibility index (Phi) is 14.1. The Morgan fingerprint density at radius 2 is 1.44 bits per heavy atom. The van der Waals surface area contributed by atoms with Gasteiger partial charge in [-0.3, -0.25) is 19.4 Å².